The third-order valence-electron chi connectivity index (χ3n) is 6.09. The Morgan fingerprint density at radius 2 is 1.64 bits per heavy atom. The number of benzene rings is 2. The first kappa shape index (κ1) is 24.6. The van der Waals surface area contributed by atoms with Crippen molar-refractivity contribution < 1.29 is 27.9 Å². The van der Waals surface area contributed by atoms with Gasteiger partial charge in [0.05, 0.1) is 11.1 Å². The molecule has 2 aromatic carbocycles. The molecule has 1 N–H and O–H groups in total. The number of alkyl halides is 3. The number of nitrogens with zero attached hydrogens (tertiary/aromatic N) is 2. The van der Waals surface area contributed by atoms with Crippen LogP contribution in [0.15, 0.2) is 36.4 Å². The number of aromatic carboxylic acids is 1. The minimum atomic E-state index is -4.40. The molecule has 5 nitrogen and oxygen atoms in total. The van der Waals surface area contributed by atoms with Gasteiger partial charge in [0.2, 0.25) is 5.91 Å². The number of anilines is 1. The molecule has 3 rings (SSSR count). The van der Waals surface area contributed by atoms with E-state index in [0.717, 1.165) is 17.7 Å². The number of amides is 1. The fourth-order valence-electron chi connectivity index (χ4n) is 4.53. The second-order valence-corrected chi connectivity index (χ2v) is 9.31. The van der Waals surface area contributed by atoms with Gasteiger partial charge in [0, 0.05) is 37.3 Å². The molecule has 0 unspecified atom stereocenters. The average Bonchev–Trinajstić information content (AvgIpc) is 2.71. The molecule has 0 aromatic heterocycles. The van der Waals surface area contributed by atoms with Crippen molar-refractivity contribution in [3.8, 4) is 0 Å². The van der Waals surface area contributed by atoms with Gasteiger partial charge in [-0.05, 0) is 49.6 Å². The molecule has 0 saturated carbocycles. The van der Waals surface area contributed by atoms with E-state index < -0.39 is 23.1 Å². The summed E-state index contributed by atoms with van der Waals surface area (Å²) < 4.78 is 39.1. The summed E-state index contributed by atoms with van der Waals surface area (Å²) in [5.41, 5.74) is 1.42. The molecule has 0 radical (unpaired) electrons. The van der Waals surface area contributed by atoms with Crippen molar-refractivity contribution in [1.29, 1.82) is 0 Å². The van der Waals surface area contributed by atoms with Gasteiger partial charge in [-0.2, -0.15) is 13.2 Å². The van der Waals surface area contributed by atoms with Crippen molar-refractivity contribution in [3.05, 3.63) is 64.2 Å². The highest BCUT2D eigenvalue weighted by molar-refractivity contribution is 5.92. The van der Waals surface area contributed by atoms with E-state index in [-0.39, 0.29) is 17.9 Å². The van der Waals surface area contributed by atoms with Crippen molar-refractivity contribution in [2.75, 3.05) is 31.1 Å². The molecule has 1 fully saturated rings. The van der Waals surface area contributed by atoms with Crippen LogP contribution in [0.4, 0.5) is 18.9 Å². The molecule has 1 amide bonds. The van der Waals surface area contributed by atoms with Crippen LogP contribution in [0.2, 0.25) is 0 Å². The first-order chi connectivity index (χ1) is 15.3. The van der Waals surface area contributed by atoms with Crippen LogP contribution in [-0.2, 0) is 17.4 Å². The number of carboxylic acids is 1. The summed E-state index contributed by atoms with van der Waals surface area (Å²) in [6.45, 7) is 8.87. The van der Waals surface area contributed by atoms with E-state index in [0.29, 0.717) is 43.0 Å². The summed E-state index contributed by atoms with van der Waals surface area (Å²) >= 11 is 0. The highest BCUT2D eigenvalue weighted by atomic mass is 19.4. The van der Waals surface area contributed by atoms with Crippen molar-refractivity contribution >= 4 is 17.6 Å². The highest BCUT2D eigenvalue weighted by Crippen LogP contribution is 2.33. The summed E-state index contributed by atoms with van der Waals surface area (Å²) in [6, 6.07) is 8.85. The monoisotopic (exact) mass is 462 g/mol. The maximum atomic E-state index is 13.3. The summed E-state index contributed by atoms with van der Waals surface area (Å²) in [4.78, 5) is 28.7. The lowest BCUT2D eigenvalue weighted by molar-refractivity contribution is -0.140. The predicted octanol–water partition coefficient (Wildman–Crippen LogP) is 4.94. The molecule has 1 saturated heterocycles. The number of halogens is 3. The number of carbonyl (C=O) groups excluding carboxylic acids is 1. The standard InChI is InChI=1S/C25H29F3N2O3/c1-16-12-17(2)21(22(31)32)18(13-16)15-24(3,4)23(33)30-10-8-29(9-11-30)20-7-5-6-19(14-20)25(26,27)28/h5-7,12-14H,8-11,15H2,1-4H3,(H,31,32). The second kappa shape index (κ2) is 9.08. The molecule has 0 aliphatic carbocycles. The fourth-order valence-corrected chi connectivity index (χ4v) is 4.53. The molecule has 1 heterocycles. The minimum Gasteiger partial charge on any atom is -0.478 e. The number of hydrogen-bond donors (Lipinski definition) is 1. The van der Waals surface area contributed by atoms with Crippen LogP contribution in [0.25, 0.3) is 0 Å². The molecule has 0 atom stereocenters. The van der Waals surface area contributed by atoms with Crippen molar-refractivity contribution in [2.24, 2.45) is 5.41 Å². The van der Waals surface area contributed by atoms with Gasteiger partial charge in [-0.1, -0.05) is 37.6 Å². The Bertz CT molecular complexity index is 1060. The van der Waals surface area contributed by atoms with Crippen LogP contribution in [0.5, 0.6) is 0 Å². The van der Waals surface area contributed by atoms with Gasteiger partial charge < -0.3 is 14.9 Å². The third kappa shape index (κ3) is 5.49. The van der Waals surface area contributed by atoms with Crippen molar-refractivity contribution in [3.63, 3.8) is 0 Å². The van der Waals surface area contributed by atoms with Crippen LogP contribution in [0, 0.1) is 19.3 Å². The molecular weight excluding hydrogens is 433 g/mol. The van der Waals surface area contributed by atoms with E-state index >= 15 is 0 Å². The van der Waals surface area contributed by atoms with Crippen LogP contribution in [0.1, 0.15) is 46.5 Å². The zero-order chi connectivity index (χ0) is 24.6. The van der Waals surface area contributed by atoms with Crippen LogP contribution in [0.3, 0.4) is 0 Å². The Labute approximate surface area is 191 Å². The van der Waals surface area contributed by atoms with E-state index in [2.05, 4.69) is 0 Å². The van der Waals surface area contributed by atoms with E-state index in [9.17, 15) is 27.9 Å². The molecule has 0 bridgehead atoms. The molecule has 1 aliphatic rings. The maximum absolute atomic E-state index is 13.3. The Morgan fingerprint density at radius 1 is 1.00 bits per heavy atom. The highest BCUT2D eigenvalue weighted by Gasteiger charge is 2.36. The van der Waals surface area contributed by atoms with Gasteiger partial charge in [-0.15, -0.1) is 0 Å². The Morgan fingerprint density at radius 3 is 2.21 bits per heavy atom. The fraction of sp³-hybridized carbons (Fsp3) is 0.440. The summed E-state index contributed by atoms with van der Waals surface area (Å²) in [5, 5.41) is 9.66. The Hall–Kier alpha value is -3.03. The third-order valence-corrected chi connectivity index (χ3v) is 6.09. The molecule has 178 valence electrons. The van der Waals surface area contributed by atoms with E-state index in [1.807, 2.05) is 24.0 Å². The number of aryl methyl sites for hydroxylation is 2. The number of rotatable bonds is 5. The van der Waals surface area contributed by atoms with Crippen molar-refractivity contribution in [1.82, 2.24) is 4.90 Å². The number of carbonyl (C=O) groups is 2. The Balaban J connectivity index is 1.71. The largest absolute Gasteiger partial charge is 0.478 e. The van der Waals surface area contributed by atoms with Crippen LogP contribution < -0.4 is 4.90 Å². The van der Waals surface area contributed by atoms with Gasteiger partial charge in [-0.25, -0.2) is 4.79 Å². The topological polar surface area (TPSA) is 60.9 Å². The molecule has 1 aliphatic heterocycles. The van der Waals surface area contributed by atoms with Gasteiger partial charge in [0.15, 0.2) is 0 Å². The molecule has 8 heteroatoms. The van der Waals surface area contributed by atoms with E-state index in [1.54, 1.807) is 31.7 Å². The Kier molecular flexibility index (Phi) is 6.77. The summed E-state index contributed by atoms with van der Waals surface area (Å²) in [7, 11) is 0. The SMILES string of the molecule is Cc1cc(C)c(C(=O)O)c(CC(C)(C)C(=O)N2CCN(c3cccc(C(F)(F)F)c3)CC2)c1. The lowest BCUT2D eigenvalue weighted by Crippen LogP contribution is -2.52. The average molecular weight is 463 g/mol. The first-order valence-corrected chi connectivity index (χ1v) is 10.8. The molecule has 0 spiro atoms. The lowest BCUT2D eigenvalue weighted by atomic mass is 9.81. The quantitative estimate of drug-likeness (QED) is 0.684. The van der Waals surface area contributed by atoms with Gasteiger partial charge in [-0.3, -0.25) is 4.79 Å². The zero-order valence-electron chi connectivity index (χ0n) is 19.3. The normalized spacial score (nSPS) is 15.0. The lowest BCUT2D eigenvalue weighted by Gasteiger charge is -2.40. The van der Waals surface area contributed by atoms with Gasteiger partial charge in [0.25, 0.3) is 0 Å². The van der Waals surface area contributed by atoms with Crippen LogP contribution in [-0.4, -0.2) is 48.1 Å². The van der Waals surface area contributed by atoms with Gasteiger partial charge >= 0.3 is 12.1 Å². The van der Waals surface area contributed by atoms with E-state index in [1.165, 1.54) is 6.07 Å². The smallest absolute Gasteiger partial charge is 0.416 e. The van der Waals surface area contributed by atoms with E-state index in [4.69, 9.17) is 0 Å². The van der Waals surface area contributed by atoms with Crippen LogP contribution >= 0.6 is 0 Å². The predicted molar refractivity (Wildman–Crippen MR) is 121 cm³/mol. The first-order valence-electron chi connectivity index (χ1n) is 10.8. The summed E-state index contributed by atoms with van der Waals surface area (Å²) in [6.07, 6.45) is -4.12. The minimum absolute atomic E-state index is 0.0957. The number of piperazine rings is 1. The second-order valence-electron chi connectivity index (χ2n) is 9.31. The molecule has 2 aromatic rings. The number of hydrogen-bond acceptors (Lipinski definition) is 3. The van der Waals surface area contributed by atoms with Crippen molar-refractivity contribution in [2.45, 2.75) is 40.3 Å². The molecule has 33 heavy (non-hydrogen) atoms. The number of carboxylic acid groups (broad SMARTS) is 1. The maximum Gasteiger partial charge on any atom is 0.416 e. The summed E-state index contributed by atoms with van der Waals surface area (Å²) in [5.74, 6) is -1.11. The van der Waals surface area contributed by atoms with Gasteiger partial charge in [0.1, 0.15) is 0 Å². The zero-order valence-corrected chi connectivity index (χ0v) is 19.3. The molecular formula is C25H29F3N2O3.